The van der Waals surface area contributed by atoms with E-state index in [-0.39, 0.29) is 28.9 Å². The number of benzene rings is 2. The molecule has 6 heteroatoms. The number of alkyl halides is 1. The van der Waals surface area contributed by atoms with Gasteiger partial charge in [0.1, 0.15) is 17.7 Å². The van der Waals surface area contributed by atoms with E-state index in [1.165, 1.54) is 32.1 Å². The van der Waals surface area contributed by atoms with Crippen molar-refractivity contribution in [3.8, 4) is 11.5 Å². The van der Waals surface area contributed by atoms with Crippen LogP contribution in [0.25, 0.3) is 0 Å². The van der Waals surface area contributed by atoms with Gasteiger partial charge in [-0.2, -0.15) is 0 Å². The van der Waals surface area contributed by atoms with Gasteiger partial charge in [-0.3, -0.25) is 4.79 Å². The number of ether oxygens (including phenoxy) is 1. The van der Waals surface area contributed by atoms with Crippen molar-refractivity contribution in [2.45, 2.75) is 122 Å². The predicted octanol–water partition coefficient (Wildman–Crippen LogP) is 8.86. The van der Waals surface area contributed by atoms with Crippen LogP contribution in [0.1, 0.15) is 125 Å². The second-order valence-corrected chi connectivity index (χ2v) is 15.3. The first kappa shape index (κ1) is 33.3. The van der Waals surface area contributed by atoms with Gasteiger partial charge in [0.05, 0.1) is 12.7 Å². The second kappa shape index (κ2) is 14.7. The predicted molar refractivity (Wildman–Crippen MR) is 181 cm³/mol. The first-order valence-electron chi connectivity index (χ1n) is 18.4. The zero-order valence-corrected chi connectivity index (χ0v) is 28.1. The molecule has 5 nitrogen and oxygen atoms in total. The first-order chi connectivity index (χ1) is 22.3. The quantitative estimate of drug-likeness (QED) is 0.229. The summed E-state index contributed by atoms with van der Waals surface area (Å²) in [6, 6.07) is 13.2. The maximum absolute atomic E-state index is 16.1. The Morgan fingerprint density at radius 3 is 2.52 bits per heavy atom. The summed E-state index contributed by atoms with van der Waals surface area (Å²) in [5.74, 6) is 2.58. The van der Waals surface area contributed by atoms with Gasteiger partial charge < -0.3 is 19.8 Å². The fourth-order valence-electron chi connectivity index (χ4n) is 10.1. The second-order valence-electron chi connectivity index (χ2n) is 15.3. The highest BCUT2D eigenvalue weighted by molar-refractivity contribution is 5.94. The van der Waals surface area contributed by atoms with Crippen LogP contribution in [0.5, 0.6) is 11.5 Å². The number of carbonyl (C=O) groups excluding carboxylic acids is 1. The molecule has 4 aliphatic rings. The number of halogens is 1. The highest BCUT2D eigenvalue weighted by atomic mass is 19.1. The number of aromatic hydroxyl groups is 1. The Hall–Kier alpha value is -2.60. The van der Waals surface area contributed by atoms with Crippen molar-refractivity contribution in [1.82, 2.24) is 4.90 Å². The molecule has 4 aliphatic carbocycles. The average molecular weight is 634 g/mol. The molecule has 1 amide bonds. The van der Waals surface area contributed by atoms with E-state index < -0.39 is 12.3 Å². The van der Waals surface area contributed by atoms with Crippen molar-refractivity contribution in [2.75, 3.05) is 19.7 Å². The van der Waals surface area contributed by atoms with Crippen molar-refractivity contribution < 1.29 is 24.1 Å². The Morgan fingerprint density at radius 2 is 1.76 bits per heavy atom. The highest BCUT2D eigenvalue weighted by Gasteiger charge is 2.59. The maximum atomic E-state index is 16.1. The molecule has 3 saturated carbocycles. The fourth-order valence-corrected chi connectivity index (χ4v) is 10.1. The molecule has 2 aromatic rings. The van der Waals surface area contributed by atoms with Crippen molar-refractivity contribution in [3.05, 3.63) is 59.2 Å². The topological polar surface area (TPSA) is 70.0 Å². The highest BCUT2D eigenvalue weighted by Crippen LogP contribution is 2.63. The van der Waals surface area contributed by atoms with Crippen molar-refractivity contribution in [1.29, 1.82) is 0 Å². The number of aliphatic hydroxyl groups is 1. The Balaban J connectivity index is 1.07. The molecule has 6 rings (SSSR count). The standard InChI is InChI=1S/C40H56FNO4/c1-3-46-32-17-14-28(15-18-32)39(45)42(26-27-11-7-6-8-12-27)22-10-5-4-9-13-29-23-30-24-31(43)16-19-33(30)38-35(41)25-40(2)34(37(29)38)20-21-36(40)44/h14-19,24,27,29,34-38,43-44H,3-13,20-23,25-26H2,1-2H3/t29?,34?,35?,36?,37?,38?,40-/m0/s1. The summed E-state index contributed by atoms with van der Waals surface area (Å²) in [5.41, 5.74) is 2.60. The molecule has 0 aromatic heterocycles. The molecule has 252 valence electrons. The lowest BCUT2D eigenvalue weighted by Gasteiger charge is -2.54. The number of phenolic OH excluding ortho intramolecular Hbond substituents is 1. The first-order valence-corrected chi connectivity index (χ1v) is 18.4. The number of hydrogen-bond donors (Lipinski definition) is 2. The number of unbranched alkanes of at least 4 members (excludes halogenated alkanes) is 3. The molecule has 0 radical (unpaired) electrons. The molecule has 7 atom stereocenters. The average Bonchev–Trinajstić information content (AvgIpc) is 3.35. The van der Waals surface area contributed by atoms with Gasteiger partial charge in [0.2, 0.25) is 0 Å². The maximum Gasteiger partial charge on any atom is 0.253 e. The van der Waals surface area contributed by atoms with Crippen LogP contribution >= 0.6 is 0 Å². The van der Waals surface area contributed by atoms with E-state index in [0.29, 0.717) is 30.8 Å². The smallest absolute Gasteiger partial charge is 0.253 e. The van der Waals surface area contributed by atoms with Crippen LogP contribution in [0.2, 0.25) is 0 Å². The van der Waals surface area contributed by atoms with Crippen molar-refractivity contribution in [3.63, 3.8) is 0 Å². The number of aliphatic hydroxyl groups excluding tert-OH is 1. The van der Waals surface area contributed by atoms with E-state index in [4.69, 9.17) is 4.74 Å². The van der Waals surface area contributed by atoms with Crippen molar-refractivity contribution >= 4 is 5.91 Å². The van der Waals surface area contributed by atoms with E-state index in [9.17, 15) is 15.0 Å². The number of hydrogen-bond acceptors (Lipinski definition) is 4. The van der Waals surface area contributed by atoms with E-state index in [2.05, 4.69) is 11.8 Å². The molecule has 0 heterocycles. The summed E-state index contributed by atoms with van der Waals surface area (Å²) in [4.78, 5) is 15.8. The van der Waals surface area contributed by atoms with Gasteiger partial charge in [0, 0.05) is 24.6 Å². The van der Waals surface area contributed by atoms with E-state index in [1.54, 1.807) is 6.07 Å². The third-order valence-electron chi connectivity index (χ3n) is 12.4. The van der Waals surface area contributed by atoms with E-state index in [1.807, 2.05) is 43.3 Å². The summed E-state index contributed by atoms with van der Waals surface area (Å²) in [6.45, 7) is 6.34. The summed E-state index contributed by atoms with van der Waals surface area (Å²) < 4.78 is 21.7. The van der Waals surface area contributed by atoms with Crippen LogP contribution in [0.15, 0.2) is 42.5 Å². The minimum atomic E-state index is -0.965. The van der Waals surface area contributed by atoms with Crippen LogP contribution in [-0.2, 0) is 6.42 Å². The molecule has 2 aromatic carbocycles. The number of carbonyl (C=O) groups is 1. The summed E-state index contributed by atoms with van der Waals surface area (Å²) in [5, 5.41) is 21.2. The van der Waals surface area contributed by atoms with Crippen LogP contribution in [0.3, 0.4) is 0 Å². The molecular formula is C40H56FNO4. The summed E-state index contributed by atoms with van der Waals surface area (Å²) in [6.07, 6.45) is 13.3. The Labute approximate surface area is 275 Å². The SMILES string of the molecule is CCOc1ccc(C(=O)N(CCCCCCC2Cc3cc(O)ccc3C3C(F)C[C@]4(C)C(O)CCC4C23)CC2CCCCC2)cc1. The lowest BCUT2D eigenvalue weighted by atomic mass is 9.51. The molecular weight excluding hydrogens is 577 g/mol. The molecule has 0 aliphatic heterocycles. The zero-order chi connectivity index (χ0) is 32.3. The minimum absolute atomic E-state index is 0.128. The molecule has 0 spiro atoms. The third kappa shape index (κ3) is 6.98. The van der Waals surface area contributed by atoms with Crippen molar-refractivity contribution in [2.24, 2.45) is 29.1 Å². The van der Waals surface area contributed by atoms with Gasteiger partial charge in [0.25, 0.3) is 5.91 Å². The molecule has 3 fully saturated rings. The lowest BCUT2D eigenvalue weighted by Crippen LogP contribution is -2.51. The van der Waals surface area contributed by atoms with Gasteiger partial charge in [-0.05, 0) is 135 Å². The Bertz CT molecular complexity index is 1310. The van der Waals surface area contributed by atoms with Gasteiger partial charge in [0.15, 0.2) is 0 Å². The van der Waals surface area contributed by atoms with E-state index in [0.717, 1.165) is 86.9 Å². The Morgan fingerprint density at radius 1 is 1.00 bits per heavy atom. The zero-order valence-electron chi connectivity index (χ0n) is 28.1. The fraction of sp³-hybridized carbons (Fsp3) is 0.675. The molecule has 0 saturated heterocycles. The molecule has 2 N–H and O–H groups in total. The van der Waals surface area contributed by atoms with Crippen LogP contribution in [0.4, 0.5) is 4.39 Å². The number of nitrogens with zero attached hydrogens (tertiary/aromatic N) is 1. The van der Waals surface area contributed by atoms with Gasteiger partial charge in [-0.25, -0.2) is 4.39 Å². The van der Waals surface area contributed by atoms with Gasteiger partial charge in [-0.1, -0.05) is 51.5 Å². The minimum Gasteiger partial charge on any atom is -0.508 e. The lowest BCUT2D eigenvalue weighted by molar-refractivity contribution is -0.0722. The van der Waals surface area contributed by atoms with E-state index >= 15 is 4.39 Å². The normalized spacial score (nSPS) is 30.7. The molecule has 6 unspecified atom stereocenters. The molecule has 46 heavy (non-hydrogen) atoms. The monoisotopic (exact) mass is 633 g/mol. The summed E-state index contributed by atoms with van der Waals surface area (Å²) >= 11 is 0. The van der Waals surface area contributed by atoms with Crippen LogP contribution in [-0.4, -0.2) is 53.0 Å². The number of amides is 1. The Kier molecular flexibility index (Phi) is 10.6. The van der Waals surface area contributed by atoms with Gasteiger partial charge >= 0.3 is 0 Å². The van der Waals surface area contributed by atoms with Crippen LogP contribution in [0, 0.1) is 29.1 Å². The molecule has 0 bridgehead atoms. The summed E-state index contributed by atoms with van der Waals surface area (Å²) in [7, 11) is 0. The van der Waals surface area contributed by atoms with Crippen LogP contribution < -0.4 is 4.74 Å². The largest absolute Gasteiger partial charge is 0.508 e. The number of rotatable bonds is 12. The number of phenols is 1. The third-order valence-corrected chi connectivity index (χ3v) is 12.4. The number of fused-ring (bicyclic) bond motifs is 5. The van der Waals surface area contributed by atoms with Gasteiger partial charge in [-0.15, -0.1) is 0 Å².